The van der Waals surface area contributed by atoms with Gasteiger partial charge in [0, 0.05) is 17.6 Å². The Kier molecular flexibility index (Phi) is 3.58. The molecule has 0 bridgehead atoms. The SMILES string of the molecule is COC(=O)c1cc2c([nH]1)CCC2=Cc1cccc(-c2ccc[nH]2)c1. The van der Waals surface area contributed by atoms with Crippen LogP contribution in [-0.4, -0.2) is 23.0 Å². The lowest BCUT2D eigenvalue weighted by Gasteiger charge is -2.02. The molecule has 24 heavy (non-hydrogen) atoms. The number of carbonyl (C=O) groups is 1. The van der Waals surface area contributed by atoms with Crippen molar-refractivity contribution in [2.24, 2.45) is 0 Å². The predicted octanol–water partition coefficient (Wildman–Crippen LogP) is 4.28. The molecule has 4 heteroatoms. The highest BCUT2D eigenvalue weighted by molar-refractivity contribution is 5.92. The number of rotatable bonds is 3. The van der Waals surface area contributed by atoms with Gasteiger partial charge in [-0.3, -0.25) is 0 Å². The van der Waals surface area contributed by atoms with E-state index in [-0.39, 0.29) is 5.97 Å². The molecular weight excluding hydrogens is 300 g/mol. The summed E-state index contributed by atoms with van der Waals surface area (Å²) in [7, 11) is 1.40. The smallest absolute Gasteiger partial charge is 0.354 e. The molecule has 0 amide bonds. The van der Waals surface area contributed by atoms with Crippen LogP contribution in [0.2, 0.25) is 0 Å². The third-order valence-electron chi connectivity index (χ3n) is 4.43. The minimum atomic E-state index is -0.322. The number of H-pyrrole nitrogens is 2. The minimum absolute atomic E-state index is 0.322. The molecule has 0 fully saturated rings. The molecule has 2 aromatic heterocycles. The Bertz CT molecular complexity index is 917. The second-order valence-corrected chi connectivity index (χ2v) is 5.95. The summed E-state index contributed by atoms with van der Waals surface area (Å²) < 4.78 is 4.79. The Hall–Kier alpha value is -3.01. The van der Waals surface area contributed by atoms with Crippen molar-refractivity contribution in [1.29, 1.82) is 0 Å². The first-order valence-electron chi connectivity index (χ1n) is 7.99. The van der Waals surface area contributed by atoms with E-state index in [1.165, 1.54) is 12.7 Å². The van der Waals surface area contributed by atoms with Crippen LogP contribution in [0, 0.1) is 0 Å². The van der Waals surface area contributed by atoms with Crippen molar-refractivity contribution in [1.82, 2.24) is 9.97 Å². The Labute approximate surface area is 140 Å². The van der Waals surface area contributed by atoms with Crippen LogP contribution in [0.5, 0.6) is 0 Å². The van der Waals surface area contributed by atoms with Gasteiger partial charge in [0.15, 0.2) is 0 Å². The summed E-state index contributed by atoms with van der Waals surface area (Å²) in [5.41, 5.74) is 7.44. The molecule has 3 aromatic rings. The molecule has 4 nitrogen and oxygen atoms in total. The minimum Gasteiger partial charge on any atom is -0.464 e. The van der Waals surface area contributed by atoms with Gasteiger partial charge in [-0.05, 0) is 59.4 Å². The molecule has 0 unspecified atom stereocenters. The Balaban J connectivity index is 1.68. The first-order chi connectivity index (χ1) is 11.7. The van der Waals surface area contributed by atoms with Crippen LogP contribution in [0.25, 0.3) is 22.9 Å². The van der Waals surface area contributed by atoms with Crippen molar-refractivity contribution in [3.05, 3.63) is 71.2 Å². The highest BCUT2D eigenvalue weighted by Crippen LogP contribution is 2.34. The summed E-state index contributed by atoms with van der Waals surface area (Å²) in [6.45, 7) is 0. The standard InChI is InChI=1S/C20H18N2O2/c1-24-20(23)19-12-16-14(7-8-18(16)22-19)10-13-4-2-5-15(11-13)17-6-3-9-21-17/h2-6,9-12,21-22H,7-8H2,1H3. The maximum absolute atomic E-state index is 11.7. The van der Waals surface area contributed by atoms with Gasteiger partial charge in [0.25, 0.3) is 0 Å². The van der Waals surface area contributed by atoms with Crippen LogP contribution in [-0.2, 0) is 11.2 Å². The van der Waals surface area contributed by atoms with E-state index in [0.29, 0.717) is 5.69 Å². The van der Waals surface area contributed by atoms with E-state index in [2.05, 4.69) is 46.4 Å². The zero-order valence-corrected chi connectivity index (χ0v) is 13.4. The Morgan fingerprint density at radius 1 is 1.17 bits per heavy atom. The first-order valence-corrected chi connectivity index (χ1v) is 7.99. The number of hydrogen-bond donors (Lipinski definition) is 2. The van der Waals surface area contributed by atoms with Gasteiger partial charge in [-0.25, -0.2) is 4.79 Å². The molecule has 4 rings (SSSR count). The summed E-state index contributed by atoms with van der Waals surface area (Å²) in [4.78, 5) is 18.1. The van der Waals surface area contributed by atoms with Crippen LogP contribution >= 0.6 is 0 Å². The number of aryl methyl sites for hydroxylation is 1. The third kappa shape index (κ3) is 2.56. The number of allylic oxidation sites excluding steroid dienone is 1. The van der Waals surface area contributed by atoms with E-state index in [0.717, 1.165) is 40.9 Å². The Morgan fingerprint density at radius 3 is 2.88 bits per heavy atom. The van der Waals surface area contributed by atoms with Gasteiger partial charge in [-0.15, -0.1) is 0 Å². The largest absolute Gasteiger partial charge is 0.464 e. The normalized spacial score (nSPS) is 14.8. The molecule has 0 radical (unpaired) electrons. The van der Waals surface area contributed by atoms with E-state index in [1.54, 1.807) is 0 Å². The van der Waals surface area contributed by atoms with Crippen LogP contribution in [0.3, 0.4) is 0 Å². The number of hydrogen-bond acceptors (Lipinski definition) is 2. The molecule has 1 aliphatic rings. The maximum Gasteiger partial charge on any atom is 0.354 e. The van der Waals surface area contributed by atoms with Crippen molar-refractivity contribution in [3.8, 4) is 11.3 Å². The molecule has 120 valence electrons. The molecule has 1 aromatic carbocycles. The van der Waals surface area contributed by atoms with Gasteiger partial charge < -0.3 is 14.7 Å². The summed E-state index contributed by atoms with van der Waals surface area (Å²) >= 11 is 0. The van der Waals surface area contributed by atoms with Gasteiger partial charge in [-0.1, -0.05) is 24.3 Å². The fraction of sp³-hybridized carbons (Fsp3) is 0.150. The van der Waals surface area contributed by atoms with Crippen molar-refractivity contribution < 1.29 is 9.53 Å². The second kappa shape index (κ2) is 5.89. The monoisotopic (exact) mass is 318 g/mol. The van der Waals surface area contributed by atoms with E-state index in [4.69, 9.17) is 4.74 Å². The van der Waals surface area contributed by atoms with E-state index in [1.807, 2.05) is 18.3 Å². The summed E-state index contributed by atoms with van der Waals surface area (Å²) in [6, 6.07) is 14.4. The molecule has 2 heterocycles. The lowest BCUT2D eigenvalue weighted by Crippen LogP contribution is -2.01. The van der Waals surface area contributed by atoms with E-state index < -0.39 is 0 Å². The Morgan fingerprint density at radius 2 is 2.08 bits per heavy atom. The molecule has 0 saturated carbocycles. The number of aromatic amines is 2. The summed E-state index contributed by atoms with van der Waals surface area (Å²) in [5.74, 6) is -0.322. The number of fused-ring (bicyclic) bond motifs is 1. The van der Waals surface area contributed by atoms with Crippen molar-refractivity contribution in [3.63, 3.8) is 0 Å². The summed E-state index contributed by atoms with van der Waals surface area (Å²) in [5, 5.41) is 0. The first kappa shape index (κ1) is 14.6. The van der Waals surface area contributed by atoms with Crippen molar-refractivity contribution in [2.75, 3.05) is 7.11 Å². The van der Waals surface area contributed by atoms with Gasteiger partial charge in [-0.2, -0.15) is 0 Å². The average molecular weight is 318 g/mol. The van der Waals surface area contributed by atoms with Gasteiger partial charge >= 0.3 is 5.97 Å². The number of aromatic nitrogens is 2. The highest BCUT2D eigenvalue weighted by Gasteiger charge is 2.21. The molecule has 0 aliphatic heterocycles. The van der Waals surface area contributed by atoms with Gasteiger partial charge in [0.2, 0.25) is 0 Å². The lowest BCUT2D eigenvalue weighted by atomic mass is 10.0. The average Bonchev–Trinajstić information content (AvgIpc) is 3.33. The second-order valence-electron chi connectivity index (χ2n) is 5.95. The topological polar surface area (TPSA) is 57.9 Å². The van der Waals surface area contributed by atoms with Gasteiger partial charge in [0.1, 0.15) is 5.69 Å². The molecule has 0 atom stereocenters. The number of esters is 1. The quantitative estimate of drug-likeness (QED) is 0.708. The van der Waals surface area contributed by atoms with Gasteiger partial charge in [0.05, 0.1) is 7.11 Å². The van der Waals surface area contributed by atoms with E-state index in [9.17, 15) is 4.79 Å². The molecular formula is C20H18N2O2. The predicted molar refractivity (Wildman–Crippen MR) is 94.6 cm³/mol. The van der Waals surface area contributed by atoms with Crippen LogP contribution < -0.4 is 0 Å². The van der Waals surface area contributed by atoms with Crippen LogP contribution in [0.15, 0.2) is 48.7 Å². The van der Waals surface area contributed by atoms with Crippen LogP contribution in [0.4, 0.5) is 0 Å². The summed E-state index contributed by atoms with van der Waals surface area (Å²) in [6.07, 6.45) is 6.04. The number of ether oxygens (including phenoxy) is 1. The number of carbonyl (C=O) groups excluding carboxylic acids is 1. The number of methoxy groups -OCH3 is 1. The fourth-order valence-corrected chi connectivity index (χ4v) is 3.25. The molecule has 2 N–H and O–H groups in total. The third-order valence-corrected chi connectivity index (χ3v) is 4.43. The molecule has 1 aliphatic carbocycles. The lowest BCUT2D eigenvalue weighted by molar-refractivity contribution is 0.0594. The highest BCUT2D eigenvalue weighted by atomic mass is 16.5. The van der Waals surface area contributed by atoms with E-state index >= 15 is 0 Å². The van der Waals surface area contributed by atoms with Crippen LogP contribution in [0.1, 0.15) is 33.7 Å². The van der Waals surface area contributed by atoms with Crippen molar-refractivity contribution in [2.45, 2.75) is 12.8 Å². The molecule has 0 saturated heterocycles. The number of nitrogens with one attached hydrogen (secondary N) is 2. The zero-order chi connectivity index (χ0) is 16.5. The fourth-order valence-electron chi connectivity index (χ4n) is 3.25. The molecule has 0 spiro atoms. The van der Waals surface area contributed by atoms with Crippen molar-refractivity contribution >= 4 is 17.6 Å². The number of benzene rings is 1. The maximum atomic E-state index is 11.7. The zero-order valence-electron chi connectivity index (χ0n) is 13.4.